The van der Waals surface area contributed by atoms with Gasteiger partial charge in [-0.15, -0.1) is 13.2 Å². The minimum atomic E-state index is -5.00. The lowest BCUT2D eigenvalue weighted by molar-refractivity contribution is -0.276. The molecule has 0 radical (unpaired) electrons. The fourth-order valence-corrected chi connectivity index (χ4v) is 1.95. The van der Waals surface area contributed by atoms with Crippen LogP contribution in [-0.4, -0.2) is 26.9 Å². The molecule has 0 amide bonds. The first-order valence-electron chi connectivity index (χ1n) is 4.39. The van der Waals surface area contributed by atoms with Crippen molar-refractivity contribution in [1.29, 1.82) is 0 Å². The van der Waals surface area contributed by atoms with Gasteiger partial charge in [0.05, 0.1) is 7.11 Å². The average molecular weight is 286 g/mol. The Labute approximate surface area is 101 Å². The molecule has 0 aliphatic heterocycles. The van der Waals surface area contributed by atoms with Crippen LogP contribution in [0.4, 0.5) is 13.2 Å². The van der Waals surface area contributed by atoms with E-state index in [-0.39, 0.29) is 11.3 Å². The van der Waals surface area contributed by atoms with Crippen LogP contribution < -0.4 is 14.6 Å². The quantitative estimate of drug-likeness (QED) is 0.893. The molecule has 0 unspecified atom stereocenters. The zero-order chi connectivity index (χ0) is 14.1. The summed E-state index contributed by atoms with van der Waals surface area (Å²) < 4.78 is 66.6. The van der Waals surface area contributed by atoms with Gasteiger partial charge in [-0.3, -0.25) is 0 Å². The minimum absolute atomic E-state index is 0.00507. The molecule has 1 rings (SSSR count). The number of halogens is 3. The van der Waals surface area contributed by atoms with E-state index >= 15 is 0 Å². The zero-order valence-corrected chi connectivity index (χ0v) is 10.1. The number of hydrogen-bond acceptors (Lipinski definition) is 5. The number of sulfonamides is 1. The normalized spacial score (nSPS) is 12.3. The van der Waals surface area contributed by atoms with Gasteiger partial charge in [-0.2, -0.15) is 4.98 Å². The number of nitrogens with zero attached hydrogens (tertiary/aromatic N) is 1. The molecule has 1 aromatic rings. The summed E-state index contributed by atoms with van der Waals surface area (Å²) in [6.45, 7) is 1.29. The summed E-state index contributed by atoms with van der Waals surface area (Å²) in [4.78, 5) is 3.20. The van der Waals surface area contributed by atoms with Gasteiger partial charge in [0.1, 0.15) is 5.75 Å². The molecule has 10 heteroatoms. The fraction of sp³-hybridized carbons (Fsp3) is 0.375. The number of rotatable bonds is 3. The smallest absolute Gasteiger partial charge is 0.496 e. The number of alkyl halides is 3. The van der Waals surface area contributed by atoms with Gasteiger partial charge in [-0.1, -0.05) is 0 Å². The molecule has 0 bridgehead atoms. The summed E-state index contributed by atoms with van der Waals surface area (Å²) in [5, 5.41) is 4.10. The van der Waals surface area contributed by atoms with Gasteiger partial charge >= 0.3 is 6.36 Å². The van der Waals surface area contributed by atoms with Crippen molar-refractivity contribution < 1.29 is 31.1 Å². The Hall–Kier alpha value is -1.55. The molecule has 0 fully saturated rings. The lowest BCUT2D eigenvalue weighted by Crippen LogP contribution is -2.21. The van der Waals surface area contributed by atoms with Crippen LogP contribution >= 0.6 is 0 Å². The second kappa shape index (κ2) is 4.61. The van der Waals surface area contributed by atoms with Gasteiger partial charge in [0.15, 0.2) is 5.03 Å². The van der Waals surface area contributed by atoms with Gasteiger partial charge in [-0.05, 0) is 6.92 Å². The number of primary sulfonamides is 1. The van der Waals surface area contributed by atoms with Crippen molar-refractivity contribution in [2.45, 2.75) is 18.3 Å². The monoisotopic (exact) mass is 286 g/mol. The minimum Gasteiger partial charge on any atom is -0.496 e. The third-order valence-corrected chi connectivity index (χ3v) is 2.80. The van der Waals surface area contributed by atoms with E-state index in [1.165, 1.54) is 6.92 Å². The van der Waals surface area contributed by atoms with Crippen molar-refractivity contribution in [1.82, 2.24) is 4.98 Å². The topological polar surface area (TPSA) is 91.5 Å². The zero-order valence-electron chi connectivity index (χ0n) is 9.28. The van der Waals surface area contributed by atoms with Gasteiger partial charge in [0.25, 0.3) is 10.0 Å². The maximum Gasteiger partial charge on any atom is 0.574 e. The Morgan fingerprint density at radius 3 is 2.33 bits per heavy atom. The maximum atomic E-state index is 12.0. The molecule has 0 atom stereocenters. The van der Waals surface area contributed by atoms with Crippen molar-refractivity contribution in [3.63, 3.8) is 0 Å². The highest BCUT2D eigenvalue weighted by Gasteiger charge is 2.33. The van der Waals surface area contributed by atoms with Crippen LogP contribution in [0.2, 0.25) is 0 Å². The first kappa shape index (κ1) is 14.5. The number of pyridine rings is 1. The molecule has 1 heterocycles. The van der Waals surface area contributed by atoms with Crippen LogP contribution in [0.1, 0.15) is 5.56 Å². The van der Waals surface area contributed by atoms with Gasteiger partial charge in [0.2, 0.25) is 5.88 Å². The highest BCUT2D eigenvalue weighted by atomic mass is 32.2. The maximum absolute atomic E-state index is 12.0. The predicted molar refractivity (Wildman–Crippen MR) is 53.6 cm³/mol. The molecule has 1 aromatic heterocycles. The summed E-state index contributed by atoms with van der Waals surface area (Å²) >= 11 is 0. The van der Waals surface area contributed by atoms with E-state index in [2.05, 4.69) is 9.72 Å². The first-order chi connectivity index (χ1) is 8.04. The first-order valence-corrected chi connectivity index (χ1v) is 5.93. The largest absolute Gasteiger partial charge is 0.574 e. The fourth-order valence-electron chi connectivity index (χ4n) is 1.20. The highest BCUT2D eigenvalue weighted by Crippen LogP contribution is 2.30. The van der Waals surface area contributed by atoms with E-state index in [0.717, 1.165) is 13.2 Å². The number of aromatic nitrogens is 1. The molecule has 18 heavy (non-hydrogen) atoms. The summed E-state index contributed by atoms with van der Waals surface area (Å²) in [5.74, 6) is -1.10. The number of methoxy groups -OCH3 is 1. The Bertz CT molecular complexity index is 556. The Balaban J connectivity index is 3.41. The van der Waals surface area contributed by atoms with E-state index in [0.29, 0.717) is 0 Å². The molecule has 2 N–H and O–H groups in total. The van der Waals surface area contributed by atoms with Crippen LogP contribution in [0.15, 0.2) is 11.1 Å². The Morgan fingerprint density at radius 1 is 1.39 bits per heavy atom. The van der Waals surface area contributed by atoms with Crippen LogP contribution in [0.3, 0.4) is 0 Å². The van der Waals surface area contributed by atoms with E-state index in [9.17, 15) is 21.6 Å². The standard InChI is InChI=1S/C8H9F3N2O4S/c1-4-5(16-2)3-6(17-8(9,10)11)13-7(4)18(12,14)15/h3H,1-2H3,(H2,12,14,15). The summed E-state index contributed by atoms with van der Waals surface area (Å²) in [6, 6.07) is 0.817. The second-order valence-electron chi connectivity index (χ2n) is 3.19. The molecule has 0 aromatic carbocycles. The van der Waals surface area contributed by atoms with Crippen molar-refractivity contribution in [3.8, 4) is 11.6 Å². The molecular formula is C8H9F3N2O4S. The second-order valence-corrected chi connectivity index (χ2v) is 4.66. The van der Waals surface area contributed by atoms with Crippen molar-refractivity contribution in [2.75, 3.05) is 7.11 Å². The lowest BCUT2D eigenvalue weighted by Gasteiger charge is -2.13. The summed E-state index contributed by atoms with van der Waals surface area (Å²) in [7, 11) is -3.12. The highest BCUT2D eigenvalue weighted by molar-refractivity contribution is 7.89. The van der Waals surface area contributed by atoms with Crippen molar-refractivity contribution >= 4 is 10.0 Å². The molecule has 0 saturated carbocycles. The van der Waals surface area contributed by atoms with E-state index in [1.807, 2.05) is 0 Å². The van der Waals surface area contributed by atoms with Gasteiger partial charge < -0.3 is 9.47 Å². The van der Waals surface area contributed by atoms with Crippen LogP contribution in [0.5, 0.6) is 11.6 Å². The SMILES string of the molecule is COc1cc(OC(F)(F)F)nc(S(N)(=O)=O)c1C. The molecule has 0 aliphatic carbocycles. The van der Waals surface area contributed by atoms with E-state index in [4.69, 9.17) is 9.88 Å². The summed E-state index contributed by atoms with van der Waals surface area (Å²) in [6.07, 6.45) is -5.00. The third-order valence-electron chi connectivity index (χ3n) is 1.87. The number of nitrogens with two attached hydrogens (primary N) is 1. The van der Waals surface area contributed by atoms with Gasteiger partial charge in [0, 0.05) is 11.6 Å². The molecule has 6 nitrogen and oxygen atoms in total. The molecule has 0 aliphatic rings. The number of hydrogen-bond donors (Lipinski definition) is 1. The molecule has 102 valence electrons. The van der Waals surface area contributed by atoms with Gasteiger partial charge in [-0.25, -0.2) is 13.6 Å². The molecular weight excluding hydrogens is 277 g/mol. The van der Waals surface area contributed by atoms with Crippen molar-refractivity contribution in [2.24, 2.45) is 5.14 Å². The Kier molecular flexibility index (Phi) is 3.72. The summed E-state index contributed by atoms with van der Waals surface area (Å²) in [5.41, 5.74) is -0.00507. The van der Waals surface area contributed by atoms with E-state index in [1.54, 1.807) is 0 Å². The predicted octanol–water partition coefficient (Wildman–Crippen LogP) is 0.945. The van der Waals surface area contributed by atoms with Crippen LogP contribution in [0.25, 0.3) is 0 Å². The molecule has 0 spiro atoms. The van der Waals surface area contributed by atoms with E-state index < -0.39 is 27.3 Å². The van der Waals surface area contributed by atoms with Crippen molar-refractivity contribution in [3.05, 3.63) is 11.6 Å². The van der Waals surface area contributed by atoms with Crippen LogP contribution in [0, 0.1) is 6.92 Å². The molecule has 0 saturated heterocycles. The lowest BCUT2D eigenvalue weighted by atomic mass is 10.3. The average Bonchev–Trinajstić information content (AvgIpc) is 2.16. The van der Waals surface area contributed by atoms with Crippen LogP contribution in [-0.2, 0) is 10.0 Å². The number of ether oxygens (including phenoxy) is 2. The third kappa shape index (κ3) is 3.47. The Morgan fingerprint density at radius 2 is 1.94 bits per heavy atom.